The Labute approximate surface area is 90.8 Å². The maximum Gasteiger partial charge on any atom is 0.341 e. The standard InChI is InChI=1S/C8H9F2N3O2S/c9-8(10)16(14,15)6-3-12-7(13-4-6)5-1-11-2-5/h3-5,8,11H,1-2H2. The molecule has 1 aliphatic rings. The number of hydrogen-bond acceptors (Lipinski definition) is 5. The van der Waals surface area contributed by atoms with Crippen molar-refractivity contribution in [3.05, 3.63) is 18.2 Å². The molecular weight excluding hydrogens is 240 g/mol. The van der Waals surface area contributed by atoms with E-state index < -0.39 is 20.5 Å². The van der Waals surface area contributed by atoms with Crippen LogP contribution in [0.25, 0.3) is 0 Å². The fourth-order valence-corrected chi connectivity index (χ4v) is 1.86. The zero-order valence-corrected chi connectivity index (χ0v) is 8.92. The average molecular weight is 249 g/mol. The second-order valence-electron chi connectivity index (χ2n) is 3.44. The van der Waals surface area contributed by atoms with Crippen LogP contribution in [0, 0.1) is 0 Å². The summed E-state index contributed by atoms with van der Waals surface area (Å²) in [5.74, 6) is -2.82. The Kier molecular flexibility index (Phi) is 2.85. The topological polar surface area (TPSA) is 72.0 Å². The predicted molar refractivity (Wildman–Crippen MR) is 50.8 cm³/mol. The van der Waals surface area contributed by atoms with Crippen molar-refractivity contribution in [3.63, 3.8) is 0 Å². The van der Waals surface area contributed by atoms with Gasteiger partial charge in [0.25, 0.3) is 0 Å². The van der Waals surface area contributed by atoms with Gasteiger partial charge < -0.3 is 5.32 Å². The minimum absolute atomic E-state index is 0.142. The molecule has 16 heavy (non-hydrogen) atoms. The number of halogens is 2. The van der Waals surface area contributed by atoms with Crippen molar-refractivity contribution in [3.8, 4) is 0 Å². The predicted octanol–water partition coefficient (Wildman–Crippen LogP) is 0.160. The quantitative estimate of drug-likeness (QED) is 0.826. The van der Waals surface area contributed by atoms with Gasteiger partial charge in [-0.2, -0.15) is 8.78 Å². The fourth-order valence-electron chi connectivity index (χ4n) is 1.26. The number of alkyl halides is 2. The van der Waals surface area contributed by atoms with Gasteiger partial charge in [-0.15, -0.1) is 0 Å². The van der Waals surface area contributed by atoms with Crippen molar-refractivity contribution in [2.45, 2.75) is 16.6 Å². The Bertz CT molecular complexity index is 471. The van der Waals surface area contributed by atoms with Gasteiger partial charge in [-0.25, -0.2) is 18.4 Å². The summed E-state index contributed by atoms with van der Waals surface area (Å²) >= 11 is 0. The van der Waals surface area contributed by atoms with Crippen molar-refractivity contribution in [1.29, 1.82) is 0 Å². The first-order valence-corrected chi connectivity index (χ1v) is 6.11. The smallest absolute Gasteiger partial charge is 0.315 e. The van der Waals surface area contributed by atoms with Crippen molar-refractivity contribution in [1.82, 2.24) is 15.3 Å². The van der Waals surface area contributed by atoms with Gasteiger partial charge >= 0.3 is 5.76 Å². The summed E-state index contributed by atoms with van der Waals surface area (Å²) in [7, 11) is -4.58. The minimum atomic E-state index is -4.58. The van der Waals surface area contributed by atoms with Gasteiger partial charge in [0.1, 0.15) is 10.7 Å². The highest BCUT2D eigenvalue weighted by molar-refractivity contribution is 7.91. The molecule has 0 spiro atoms. The molecule has 1 aromatic rings. The molecule has 2 rings (SSSR count). The lowest BCUT2D eigenvalue weighted by molar-refractivity contribution is 0.234. The highest BCUT2D eigenvalue weighted by atomic mass is 32.2. The van der Waals surface area contributed by atoms with Crippen LogP contribution in [-0.4, -0.2) is 37.2 Å². The first kappa shape index (κ1) is 11.3. The molecule has 0 aromatic carbocycles. The molecule has 1 fully saturated rings. The molecule has 0 bridgehead atoms. The van der Waals surface area contributed by atoms with Gasteiger partial charge in [-0.1, -0.05) is 0 Å². The zero-order chi connectivity index (χ0) is 11.8. The van der Waals surface area contributed by atoms with Crippen molar-refractivity contribution >= 4 is 9.84 Å². The zero-order valence-electron chi connectivity index (χ0n) is 8.10. The van der Waals surface area contributed by atoms with Crippen LogP contribution in [0.5, 0.6) is 0 Å². The molecular formula is C8H9F2N3O2S. The molecule has 1 aliphatic heterocycles. The van der Waals surface area contributed by atoms with E-state index in [1.165, 1.54) is 0 Å². The lowest BCUT2D eigenvalue weighted by Crippen LogP contribution is -2.40. The van der Waals surface area contributed by atoms with Crippen LogP contribution < -0.4 is 5.32 Å². The first-order chi connectivity index (χ1) is 7.51. The van der Waals surface area contributed by atoms with E-state index in [2.05, 4.69) is 15.3 Å². The molecule has 1 aromatic heterocycles. The van der Waals surface area contributed by atoms with Crippen LogP contribution in [0.15, 0.2) is 17.3 Å². The van der Waals surface area contributed by atoms with Gasteiger partial charge in [0.05, 0.1) is 0 Å². The van der Waals surface area contributed by atoms with Gasteiger partial charge in [0, 0.05) is 31.4 Å². The maximum atomic E-state index is 12.2. The highest BCUT2D eigenvalue weighted by Crippen LogP contribution is 2.19. The lowest BCUT2D eigenvalue weighted by Gasteiger charge is -2.25. The van der Waals surface area contributed by atoms with Crippen molar-refractivity contribution < 1.29 is 17.2 Å². The van der Waals surface area contributed by atoms with Gasteiger partial charge in [-0.05, 0) is 0 Å². The van der Waals surface area contributed by atoms with Crippen molar-refractivity contribution in [2.24, 2.45) is 0 Å². The van der Waals surface area contributed by atoms with E-state index in [4.69, 9.17) is 0 Å². The normalized spacial score (nSPS) is 17.4. The third-order valence-electron chi connectivity index (χ3n) is 2.36. The van der Waals surface area contributed by atoms with E-state index in [9.17, 15) is 17.2 Å². The summed E-state index contributed by atoms with van der Waals surface area (Å²) in [5, 5.41) is 3.00. The van der Waals surface area contributed by atoms with E-state index in [-0.39, 0.29) is 5.92 Å². The fraction of sp³-hybridized carbons (Fsp3) is 0.500. The maximum absolute atomic E-state index is 12.2. The van der Waals surface area contributed by atoms with Gasteiger partial charge in [-0.3, -0.25) is 0 Å². The first-order valence-electron chi connectivity index (χ1n) is 4.56. The third kappa shape index (κ3) is 1.90. The van der Waals surface area contributed by atoms with Crippen LogP contribution in [0.4, 0.5) is 8.78 Å². The van der Waals surface area contributed by atoms with E-state index in [0.29, 0.717) is 5.82 Å². The van der Waals surface area contributed by atoms with Crippen LogP contribution in [-0.2, 0) is 9.84 Å². The Morgan fingerprint density at radius 2 is 1.88 bits per heavy atom. The number of nitrogens with zero attached hydrogens (tertiary/aromatic N) is 2. The lowest BCUT2D eigenvalue weighted by atomic mass is 10.0. The van der Waals surface area contributed by atoms with Crippen LogP contribution in [0.3, 0.4) is 0 Å². The molecule has 0 unspecified atom stereocenters. The molecule has 1 N–H and O–H groups in total. The van der Waals surface area contributed by atoms with Crippen LogP contribution in [0.2, 0.25) is 0 Å². The Morgan fingerprint density at radius 3 is 2.25 bits per heavy atom. The van der Waals surface area contributed by atoms with E-state index >= 15 is 0 Å². The molecule has 88 valence electrons. The summed E-state index contributed by atoms with van der Waals surface area (Å²) in [5.41, 5.74) is 0. The summed E-state index contributed by atoms with van der Waals surface area (Å²) < 4.78 is 46.5. The number of sulfone groups is 1. The molecule has 0 saturated carbocycles. The van der Waals surface area contributed by atoms with E-state index in [1.54, 1.807) is 0 Å². The van der Waals surface area contributed by atoms with E-state index in [1.807, 2.05) is 0 Å². The molecule has 1 saturated heterocycles. The van der Waals surface area contributed by atoms with Crippen LogP contribution in [0.1, 0.15) is 11.7 Å². The van der Waals surface area contributed by atoms with Gasteiger partial charge in [0.15, 0.2) is 0 Å². The second-order valence-corrected chi connectivity index (χ2v) is 5.36. The SMILES string of the molecule is O=S(=O)(c1cnc(C2CNC2)nc1)C(F)F. The molecule has 2 heterocycles. The Morgan fingerprint density at radius 1 is 1.31 bits per heavy atom. The number of rotatable bonds is 3. The highest BCUT2D eigenvalue weighted by Gasteiger charge is 2.28. The summed E-state index contributed by atoms with van der Waals surface area (Å²) in [6, 6.07) is 0. The summed E-state index contributed by atoms with van der Waals surface area (Å²) in [6.45, 7) is 1.45. The largest absolute Gasteiger partial charge is 0.341 e. The summed E-state index contributed by atoms with van der Waals surface area (Å²) in [6.07, 6.45) is 1.87. The second kappa shape index (κ2) is 4.02. The van der Waals surface area contributed by atoms with Gasteiger partial charge in [0.2, 0.25) is 9.84 Å². The summed E-state index contributed by atoms with van der Waals surface area (Å²) in [4.78, 5) is 7.03. The van der Waals surface area contributed by atoms with Crippen molar-refractivity contribution in [2.75, 3.05) is 13.1 Å². The molecule has 0 amide bonds. The number of nitrogens with one attached hydrogen (secondary N) is 1. The Balaban J connectivity index is 2.25. The third-order valence-corrected chi connectivity index (χ3v) is 3.69. The molecule has 0 radical (unpaired) electrons. The van der Waals surface area contributed by atoms with Crippen LogP contribution >= 0.6 is 0 Å². The Hall–Kier alpha value is -1.15. The molecule has 8 heteroatoms. The van der Waals surface area contributed by atoms with E-state index in [0.717, 1.165) is 25.5 Å². The minimum Gasteiger partial charge on any atom is -0.315 e. The molecule has 0 atom stereocenters. The molecule has 5 nitrogen and oxygen atoms in total. The molecule has 0 aliphatic carbocycles. The average Bonchev–Trinajstić information content (AvgIpc) is 2.15. The monoisotopic (exact) mass is 249 g/mol. The number of aromatic nitrogens is 2. The number of hydrogen-bond donors (Lipinski definition) is 1.